The first-order valence-corrected chi connectivity index (χ1v) is 9.70. The molecule has 2 amide bonds. The van der Waals surface area contributed by atoms with E-state index in [-0.39, 0.29) is 23.6 Å². The van der Waals surface area contributed by atoms with Gasteiger partial charge in [-0.2, -0.15) is 0 Å². The highest BCUT2D eigenvalue weighted by atomic mass is 16.6. The fraction of sp³-hybridized carbons (Fsp3) is 0.0870. The Labute approximate surface area is 187 Å². The minimum Gasteiger partial charge on any atom is -0.548 e. The van der Waals surface area contributed by atoms with Crippen LogP contribution in [0.3, 0.4) is 0 Å². The lowest BCUT2D eigenvalue weighted by atomic mass is 10.1. The Balaban J connectivity index is 1.86. The number of furan rings is 1. The van der Waals surface area contributed by atoms with Crippen LogP contribution >= 0.6 is 0 Å². The summed E-state index contributed by atoms with van der Waals surface area (Å²) in [5, 5.41) is 27.2. The van der Waals surface area contributed by atoms with Crippen LogP contribution in [0.4, 0.5) is 5.69 Å². The van der Waals surface area contributed by atoms with Gasteiger partial charge >= 0.3 is 0 Å². The largest absolute Gasteiger partial charge is 0.548 e. The quantitative estimate of drug-likeness (QED) is 0.285. The van der Waals surface area contributed by atoms with Crippen LogP contribution < -0.4 is 15.7 Å². The van der Waals surface area contributed by atoms with E-state index in [4.69, 9.17) is 4.42 Å². The first-order valence-electron chi connectivity index (χ1n) is 9.70. The number of nitrogens with zero attached hydrogens (tertiary/aromatic N) is 1. The molecule has 33 heavy (non-hydrogen) atoms. The SMILES string of the molecule is O=C(N[C@@H](Cc1ccccc1)C(=O)[O-])/C(=C/c1ccc([N+](=O)[O-])cc1)NC(=O)c1ccco1. The Morgan fingerprint density at radius 2 is 1.70 bits per heavy atom. The molecule has 3 aromatic rings. The number of carbonyl (C=O) groups is 3. The number of aliphatic carboxylic acids is 1. The third kappa shape index (κ3) is 6.37. The van der Waals surface area contributed by atoms with Gasteiger partial charge in [-0.1, -0.05) is 30.3 Å². The molecule has 1 aromatic heterocycles. The average Bonchev–Trinajstić information content (AvgIpc) is 3.34. The van der Waals surface area contributed by atoms with Crippen LogP contribution in [0.1, 0.15) is 21.7 Å². The minimum absolute atomic E-state index is 0.0359. The number of nitro groups is 1. The lowest BCUT2D eigenvalue weighted by Crippen LogP contribution is -2.50. The van der Waals surface area contributed by atoms with Crippen LogP contribution in [0.15, 0.2) is 83.1 Å². The normalized spacial score (nSPS) is 11.9. The van der Waals surface area contributed by atoms with Crippen LogP contribution in [0.2, 0.25) is 0 Å². The summed E-state index contributed by atoms with van der Waals surface area (Å²) in [6.45, 7) is 0. The van der Waals surface area contributed by atoms with Crippen molar-refractivity contribution < 1.29 is 28.8 Å². The van der Waals surface area contributed by atoms with E-state index in [9.17, 15) is 29.6 Å². The van der Waals surface area contributed by atoms with Gasteiger partial charge in [0.2, 0.25) is 0 Å². The van der Waals surface area contributed by atoms with E-state index in [1.807, 2.05) is 0 Å². The summed E-state index contributed by atoms with van der Waals surface area (Å²) in [5.41, 5.74) is 0.577. The van der Waals surface area contributed by atoms with Crippen LogP contribution in [0.25, 0.3) is 6.08 Å². The van der Waals surface area contributed by atoms with Crippen LogP contribution in [-0.4, -0.2) is 28.7 Å². The van der Waals surface area contributed by atoms with Gasteiger partial charge in [0, 0.05) is 12.1 Å². The topological polar surface area (TPSA) is 155 Å². The highest BCUT2D eigenvalue weighted by molar-refractivity contribution is 6.05. The van der Waals surface area contributed by atoms with Gasteiger partial charge in [-0.25, -0.2) is 0 Å². The number of nitrogens with one attached hydrogen (secondary N) is 2. The molecule has 0 fully saturated rings. The van der Waals surface area contributed by atoms with Crippen LogP contribution in [-0.2, 0) is 16.0 Å². The zero-order chi connectivity index (χ0) is 23.8. The summed E-state index contributed by atoms with van der Waals surface area (Å²) in [7, 11) is 0. The molecule has 0 bridgehead atoms. The van der Waals surface area contributed by atoms with Crippen molar-refractivity contribution in [2.75, 3.05) is 0 Å². The number of amides is 2. The minimum atomic E-state index is -1.50. The Bertz CT molecular complexity index is 1170. The van der Waals surface area contributed by atoms with Crippen LogP contribution in [0.5, 0.6) is 0 Å². The van der Waals surface area contributed by atoms with Crippen molar-refractivity contribution in [2.24, 2.45) is 0 Å². The molecule has 0 aliphatic heterocycles. The van der Waals surface area contributed by atoms with Crippen molar-refractivity contribution in [2.45, 2.75) is 12.5 Å². The molecule has 0 aliphatic rings. The molecular formula is C23H18N3O7-. The number of nitro benzene ring substituents is 1. The third-order valence-corrected chi connectivity index (χ3v) is 4.53. The maximum Gasteiger partial charge on any atom is 0.291 e. The van der Waals surface area contributed by atoms with Gasteiger partial charge in [-0.05, 0) is 47.9 Å². The van der Waals surface area contributed by atoms with Crippen molar-refractivity contribution in [3.8, 4) is 0 Å². The van der Waals surface area contributed by atoms with E-state index in [0.717, 1.165) is 0 Å². The van der Waals surface area contributed by atoms with E-state index >= 15 is 0 Å². The van der Waals surface area contributed by atoms with E-state index in [1.54, 1.807) is 30.3 Å². The molecular weight excluding hydrogens is 430 g/mol. The summed E-state index contributed by atoms with van der Waals surface area (Å²) >= 11 is 0. The molecule has 1 heterocycles. The van der Waals surface area contributed by atoms with Crippen molar-refractivity contribution in [3.63, 3.8) is 0 Å². The lowest BCUT2D eigenvalue weighted by Gasteiger charge is -2.21. The molecule has 0 unspecified atom stereocenters. The monoisotopic (exact) mass is 448 g/mol. The summed E-state index contributed by atoms with van der Waals surface area (Å²) in [6, 6.07) is 15.4. The molecule has 0 aliphatic carbocycles. The second-order valence-corrected chi connectivity index (χ2v) is 6.87. The first-order chi connectivity index (χ1) is 15.8. The number of hydrogen-bond donors (Lipinski definition) is 2. The van der Waals surface area contributed by atoms with Gasteiger partial charge in [0.25, 0.3) is 17.5 Å². The fourth-order valence-corrected chi connectivity index (χ4v) is 2.89. The third-order valence-electron chi connectivity index (χ3n) is 4.53. The molecule has 10 heteroatoms. The number of rotatable bonds is 9. The van der Waals surface area contributed by atoms with Crippen molar-refractivity contribution >= 4 is 29.5 Å². The summed E-state index contributed by atoms with van der Waals surface area (Å²) in [4.78, 5) is 47.2. The first kappa shape index (κ1) is 22.9. The molecule has 3 rings (SSSR count). The van der Waals surface area contributed by atoms with Gasteiger partial charge in [0.05, 0.1) is 23.2 Å². The summed E-state index contributed by atoms with van der Waals surface area (Å²) in [5.74, 6) is -3.20. The maximum absolute atomic E-state index is 12.9. The highest BCUT2D eigenvalue weighted by Crippen LogP contribution is 2.15. The fourth-order valence-electron chi connectivity index (χ4n) is 2.89. The second-order valence-electron chi connectivity index (χ2n) is 6.87. The number of carboxylic acids is 1. The molecule has 0 radical (unpaired) electrons. The molecule has 10 nitrogen and oxygen atoms in total. The van der Waals surface area contributed by atoms with E-state index < -0.39 is 28.7 Å². The smallest absolute Gasteiger partial charge is 0.291 e. The van der Waals surface area contributed by atoms with Gasteiger partial charge in [0.1, 0.15) is 5.70 Å². The summed E-state index contributed by atoms with van der Waals surface area (Å²) in [6.07, 6.45) is 2.50. The maximum atomic E-state index is 12.9. The number of hydrogen-bond acceptors (Lipinski definition) is 7. The van der Waals surface area contributed by atoms with Gasteiger partial charge in [-0.15, -0.1) is 0 Å². The summed E-state index contributed by atoms with van der Waals surface area (Å²) < 4.78 is 5.02. The van der Waals surface area contributed by atoms with Gasteiger partial charge in [0.15, 0.2) is 5.76 Å². The van der Waals surface area contributed by atoms with Crippen LogP contribution in [0, 0.1) is 10.1 Å². The van der Waals surface area contributed by atoms with E-state index in [0.29, 0.717) is 11.1 Å². The average molecular weight is 448 g/mol. The predicted molar refractivity (Wildman–Crippen MR) is 114 cm³/mol. The van der Waals surface area contributed by atoms with Gasteiger partial charge in [-0.3, -0.25) is 19.7 Å². The standard InChI is InChI=1S/C23H19N3O7/c27-21(25-19(23(29)30)14-15-5-2-1-3-6-15)18(24-22(28)20-7-4-12-33-20)13-16-8-10-17(11-9-16)26(31)32/h1-13,19H,14H2,(H,24,28)(H,25,27)(H,29,30)/p-1/b18-13-/t19-/m0/s1. The molecule has 1 atom stereocenters. The predicted octanol–water partition coefficient (Wildman–Crippen LogP) is 1.44. The number of benzene rings is 2. The number of carboxylic acid groups (broad SMARTS) is 1. The highest BCUT2D eigenvalue weighted by Gasteiger charge is 2.20. The van der Waals surface area contributed by atoms with Gasteiger partial charge < -0.3 is 25.0 Å². The Kier molecular flexibility index (Phi) is 7.32. The Morgan fingerprint density at radius 1 is 1.00 bits per heavy atom. The lowest BCUT2D eigenvalue weighted by molar-refractivity contribution is -0.384. The van der Waals surface area contributed by atoms with Crippen molar-refractivity contribution in [1.82, 2.24) is 10.6 Å². The Morgan fingerprint density at radius 3 is 2.27 bits per heavy atom. The number of non-ortho nitro benzene ring substituents is 1. The zero-order valence-corrected chi connectivity index (χ0v) is 17.1. The molecule has 168 valence electrons. The second kappa shape index (κ2) is 10.5. The zero-order valence-electron chi connectivity index (χ0n) is 17.1. The van der Waals surface area contributed by atoms with E-state index in [1.165, 1.54) is 48.7 Å². The molecule has 0 spiro atoms. The molecule has 2 N–H and O–H groups in total. The molecule has 2 aromatic carbocycles. The molecule has 0 saturated carbocycles. The molecule has 0 saturated heterocycles. The Hall–Kier alpha value is -4.73. The van der Waals surface area contributed by atoms with Crippen molar-refractivity contribution in [3.05, 3.63) is 106 Å². The number of carbonyl (C=O) groups excluding carboxylic acids is 3. The van der Waals surface area contributed by atoms with E-state index in [2.05, 4.69) is 10.6 Å². The van der Waals surface area contributed by atoms with Crippen molar-refractivity contribution in [1.29, 1.82) is 0 Å².